The maximum absolute atomic E-state index is 14.1. The molecule has 4 nitrogen and oxygen atoms in total. The minimum Gasteiger partial charge on any atom is -0.478 e. The third-order valence-corrected chi connectivity index (χ3v) is 7.15. The van der Waals surface area contributed by atoms with E-state index >= 15 is 0 Å². The van der Waals surface area contributed by atoms with Crippen molar-refractivity contribution in [2.24, 2.45) is 0 Å². The van der Waals surface area contributed by atoms with E-state index in [-0.39, 0.29) is 18.5 Å². The molecule has 0 spiro atoms. The normalized spacial score (nSPS) is 17.4. The summed E-state index contributed by atoms with van der Waals surface area (Å²) in [4.78, 5) is 14.1. The van der Waals surface area contributed by atoms with Gasteiger partial charge in [-0.1, -0.05) is 72.2 Å². The Balaban J connectivity index is 1.73. The van der Waals surface area contributed by atoms with E-state index in [1.165, 1.54) is 5.46 Å². The molecule has 1 atom stereocenters. The van der Waals surface area contributed by atoms with Gasteiger partial charge < -0.3 is 4.74 Å². The minimum absolute atomic E-state index is 0.0367. The third kappa shape index (κ3) is 2.08. The lowest BCUT2D eigenvalue weighted by Gasteiger charge is -2.31. The Morgan fingerprint density at radius 3 is 2.56 bits per heavy atom. The van der Waals surface area contributed by atoms with Crippen molar-refractivity contribution in [1.29, 1.82) is 0 Å². The Morgan fingerprint density at radius 2 is 1.72 bits per heavy atom. The summed E-state index contributed by atoms with van der Waals surface area (Å²) >= 11 is 0. The van der Waals surface area contributed by atoms with Gasteiger partial charge >= 0.3 is 5.69 Å². The van der Waals surface area contributed by atoms with Crippen LogP contribution in [0.15, 0.2) is 83.4 Å². The van der Waals surface area contributed by atoms with Crippen LogP contribution >= 0.6 is 0 Å². The van der Waals surface area contributed by atoms with E-state index in [1.54, 1.807) is 0 Å². The summed E-state index contributed by atoms with van der Waals surface area (Å²) in [5.41, 5.74) is 8.36. The highest BCUT2D eigenvalue weighted by Crippen LogP contribution is 2.39. The Morgan fingerprint density at radius 1 is 0.938 bits per heavy atom. The summed E-state index contributed by atoms with van der Waals surface area (Å²) in [5, 5.41) is 1.11. The molecule has 3 aromatic carbocycles. The van der Waals surface area contributed by atoms with E-state index in [0.717, 1.165) is 50.2 Å². The lowest BCUT2D eigenvalue weighted by atomic mass is 9.35. The maximum Gasteiger partial charge on any atom is 0.508 e. The number of benzene rings is 3. The average Bonchev–Trinajstić information content (AvgIpc) is 2.83. The standard InChI is InChI=1S/C27H20BN2O2/c1-16-17(2)32-23-15-13-18-12-14-21-25-24(18)26(23)29(16)27(31)30(25)22-11-7-6-10-20(22)28(21)19-8-4-3-5-9-19/h3-15,23H,1-2H3/q+1. The predicted molar refractivity (Wildman–Crippen MR) is 128 cm³/mol. The first kappa shape index (κ1) is 17.8. The van der Waals surface area contributed by atoms with Crippen LogP contribution in [0.2, 0.25) is 0 Å². The highest BCUT2D eigenvalue weighted by molar-refractivity contribution is 6.97. The van der Waals surface area contributed by atoms with Crippen LogP contribution in [0.1, 0.15) is 31.2 Å². The molecular weight excluding hydrogens is 395 g/mol. The molecule has 152 valence electrons. The molecule has 4 aromatic rings. The van der Waals surface area contributed by atoms with E-state index in [0.29, 0.717) is 0 Å². The molecule has 0 saturated carbocycles. The quantitative estimate of drug-likeness (QED) is 0.312. The summed E-state index contributed by atoms with van der Waals surface area (Å²) in [7, 11) is 0. The number of hydrogen-bond acceptors (Lipinski definition) is 2. The number of allylic oxidation sites excluding steroid dienone is 2. The zero-order chi connectivity index (χ0) is 21.6. The van der Waals surface area contributed by atoms with Crippen LogP contribution in [0.25, 0.3) is 28.4 Å². The molecular formula is C27H20BN2O2+. The smallest absolute Gasteiger partial charge is 0.478 e. The van der Waals surface area contributed by atoms with Gasteiger partial charge in [-0.15, -0.1) is 0 Å². The number of para-hydroxylation sites is 1. The van der Waals surface area contributed by atoms with Crippen molar-refractivity contribution >= 4 is 45.8 Å². The summed E-state index contributed by atoms with van der Waals surface area (Å²) in [6.07, 6.45) is 3.93. The fourth-order valence-electron chi connectivity index (χ4n) is 5.65. The first-order chi connectivity index (χ1) is 15.6. The molecule has 32 heavy (non-hydrogen) atoms. The number of fused-ring (bicyclic) bond motifs is 2. The Hall–Kier alpha value is -3.86. The van der Waals surface area contributed by atoms with Crippen LogP contribution in [-0.4, -0.2) is 11.3 Å². The fourth-order valence-corrected chi connectivity index (χ4v) is 5.65. The maximum atomic E-state index is 14.1. The SMILES string of the molecule is CC1=C(C)n2c3c4c(ccc5c4[n+](c2=O)-c2ccccc2B5c2ccccc2)C=CC3O1. The molecule has 1 aliphatic carbocycles. The van der Waals surface area contributed by atoms with Crippen molar-refractivity contribution in [3.05, 3.63) is 100 Å². The number of ether oxygens (including phenoxy) is 1. The number of rotatable bonds is 1. The van der Waals surface area contributed by atoms with Crippen LogP contribution in [0.3, 0.4) is 0 Å². The van der Waals surface area contributed by atoms with Gasteiger partial charge in [-0.2, -0.15) is 13.9 Å². The highest BCUT2D eigenvalue weighted by Gasteiger charge is 2.43. The van der Waals surface area contributed by atoms with Crippen LogP contribution in [0, 0.1) is 0 Å². The first-order valence-electron chi connectivity index (χ1n) is 11.0. The highest BCUT2D eigenvalue weighted by atomic mass is 16.5. The van der Waals surface area contributed by atoms with Gasteiger partial charge in [0.15, 0.2) is 11.8 Å². The van der Waals surface area contributed by atoms with Gasteiger partial charge in [-0.05, 0) is 35.6 Å². The van der Waals surface area contributed by atoms with Gasteiger partial charge in [0.2, 0.25) is 0 Å². The Kier molecular flexibility index (Phi) is 3.39. The summed E-state index contributed by atoms with van der Waals surface area (Å²) in [6, 6.07) is 23.2. The van der Waals surface area contributed by atoms with Crippen molar-refractivity contribution in [2.75, 3.05) is 0 Å². The monoisotopic (exact) mass is 415 g/mol. The van der Waals surface area contributed by atoms with Crippen molar-refractivity contribution in [3.63, 3.8) is 0 Å². The lowest BCUT2D eigenvalue weighted by Crippen LogP contribution is -2.67. The molecule has 0 fully saturated rings. The van der Waals surface area contributed by atoms with Gasteiger partial charge in [-0.25, -0.2) is 0 Å². The van der Waals surface area contributed by atoms with E-state index < -0.39 is 0 Å². The van der Waals surface area contributed by atoms with E-state index in [1.807, 2.05) is 35.1 Å². The largest absolute Gasteiger partial charge is 0.508 e. The zero-order valence-corrected chi connectivity index (χ0v) is 17.9. The third-order valence-electron chi connectivity index (χ3n) is 7.15. The summed E-state index contributed by atoms with van der Waals surface area (Å²) < 4.78 is 10.0. The molecule has 0 amide bonds. The van der Waals surface area contributed by atoms with Crippen molar-refractivity contribution < 1.29 is 9.30 Å². The molecule has 0 N–H and O–H groups in total. The van der Waals surface area contributed by atoms with Gasteiger partial charge in [0.05, 0.1) is 5.39 Å². The number of hydrogen-bond donors (Lipinski definition) is 0. The van der Waals surface area contributed by atoms with E-state index in [2.05, 4.69) is 66.7 Å². The average molecular weight is 415 g/mol. The number of nitrogens with zero attached hydrogens (tertiary/aromatic N) is 2. The summed E-state index contributed by atoms with van der Waals surface area (Å²) in [5.74, 6) is 0.785. The molecule has 3 aliphatic rings. The molecule has 0 saturated heterocycles. The fraction of sp³-hybridized carbons (Fsp3) is 0.111. The van der Waals surface area contributed by atoms with Crippen molar-refractivity contribution in [2.45, 2.75) is 20.0 Å². The van der Waals surface area contributed by atoms with Gasteiger partial charge in [0.25, 0.3) is 6.71 Å². The Bertz CT molecular complexity index is 1600. The Labute approximate surface area is 185 Å². The molecule has 1 unspecified atom stereocenters. The predicted octanol–water partition coefficient (Wildman–Crippen LogP) is 2.41. The minimum atomic E-state index is -0.254. The molecule has 0 radical (unpaired) electrons. The number of aromatic nitrogens is 2. The molecule has 7 rings (SSSR count). The topological polar surface area (TPSA) is 35.1 Å². The van der Waals surface area contributed by atoms with Gasteiger partial charge in [-0.3, -0.25) is 0 Å². The van der Waals surface area contributed by atoms with Crippen LogP contribution in [-0.2, 0) is 4.74 Å². The second kappa shape index (κ2) is 6.10. The first-order valence-corrected chi connectivity index (χ1v) is 11.0. The van der Waals surface area contributed by atoms with E-state index in [9.17, 15) is 4.79 Å². The van der Waals surface area contributed by atoms with Gasteiger partial charge in [0.1, 0.15) is 22.7 Å². The van der Waals surface area contributed by atoms with Gasteiger partial charge in [0, 0.05) is 6.92 Å². The van der Waals surface area contributed by atoms with E-state index in [4.69, 9.17) is 4.74 Å². The van der Waals surface area contributed by atoms with Crippen molar-refractivity contribution in [3.8, 4) is 5.69 Å². The van der Waals surface area contributed by atoms with Crippen LogP contribution in [0.5, 0.6) is 0 Å². The van der Waals surface area contributed by atoms with Crippen LogP contribution < -0.4 is 26.6 Å². The lowest BCUT2D eigenvalue weighted by molar-refractivity contribution is -0.587. The second-order valence-electron chi connectivity index (χ2n) is 8.75. The van der Waals surface area contributed by atoms with Crippen molar-refractivity contribution in [1.82, 2.24) is 4.57 Å². The molecule has 3 heterocycles. The second-order valence-corrected chi connectivity index (χ2v) is 8.75. The molecule has 0 bridgehead atoms. The molecule has 5 heteroatoms. The molecule has 2 aliphatic heterocycles. The summed E-state index contributed by atoms with van der Waals surface area (Å²) in [6.45, 7) is 3.96. The van der Waals surface area contributed by atoms with Crippen LogP contribution in [0.4, 0.5) is 0 Å². The zero-order valence-electron chi connectivity index (χ0n) is 17.9. The molecule has 1 aromatic heterocycles.